The largest absolute Gasteiger partial charge is 0.363 e. The Labute approximate surface area is 235 Å². The Balaban J connectivity index is 1.29. The van der Waals surface area contributed by atoms with Crippen LogP contribution in [-0.4, -0.2) is 46.5 Å². The minimum absolute atomic E-state index is 0.0913. The molecule has 1 N–H and O–H groups in total. The molecule has 2 atom stereocenters. The van der Waals surface area contributed by atoms with E-state index in [1.54, 1.807) is 0 Å². The number of anilines is 1. The summed E-state index contributed by atoms with van der Waals surface area (Å²) in [5.74, 6) is 0.842. The number of likely N-dealkylation sites (tertiary alicyclic amines) is 2. The van der Waals surface area contributed by atoms with Crippen LogP contribution in [0.15, 0.2) is 72.8 Å². The molecule has 1 unspecified atom stereocenters. The summed E-state index contributed by atoms with van der Waals surface area (Å²) >= 11 is 0. The van der Waals surface area contributed by atoms with E-state index < -0.39 is 0 Å². The van der Waals surface area contributed by atoms with Crippen molar-refractivity contribution in [3.63, 3.8) is 0 Å². The second kappa shape index (κ2) is 10.4. The molecule has 0 radical (unpaired) electrons. The zero-order chi connectivity index (χ0) is 27.1. The summed E-state index contributed by atoms with van der Waals surface area (Å²) in [6.07, 6.45) is 6.74. The summed E-state index contributed by atoms with van der Waals surface area (Å²) in [4.78, 5) is 24.0. The Bertz CT molecular complexity index is 1620. The van der Waals surface area contributed by atoms with E-state index in [0.29, 0.717) is 11.1 Å². The van der Waals surface area contributed by atoms with Crippen LogP contribution >= 0.6 is 0 Å². The van der Waals surface area contributed by atoms with E-state index in [-0.39, 0.29) is 18.1 Å². The predicted octanol–water partition coefficient (Wildman–Crippen LogP) is 6.53. The van der Waals surface area contributed by atoms with Gasteiger partial charge in [-0.3, -0.25) is 9.69 Å². The third-order valence-corrected chi connectivity index (χ3v) is 8.89. The molecule has 40 heavy (non-hydrogen) atoms. The van der Waals surface area contributed by atoms with Gasteiger partial charge in [0, 0.05) is 25.0 Å². The standard InChI is InChI=1S/C34H33N5O/c35-22-23-9-11-24(12-10-23)26-14-16-31-28(20-26)29(34(40)39-19-5-8-33(39)38-17-3-4-18-38)21-32(37-31)36-30-15-13-25-6-1-2-7-27(25)30/h1-2,6-7,9-12,14,16,20-21,30,33H,3-5,8,13,15,17-19H2,(H,36,37)/t30-,33?/m0/s1. The van der Waals surface area contributed by atoms with Gasteiger partial charge in [-0.15, -0.1) is 0 Å². The van der Waals surface area contributed by atoms with Crippen LogP contribution in [0.1, 0.15) is 65.2 Å². The molecule has 2 fully saturated rings. The van der Waals surface area contributed by atoms with Crippen molar-refractivity contribution < 1.29 is 4.79 Å². The van der Waals surface area contributed by atoms with Gasteiger partial charge < -0.3 is 10.2 Å². The first-order chi connectivity index (χ1) is 19.7. The smallest absolute Gasteiger partial charge is 0.255 e. The van der Waals surface area contributed by atoms with E-state index in [9.17, 15) is 10.1 Å². The van der Waals surface area contributed by atoms with Crippen molar-refractivity contribution in [2.45, 2.75) is 50.7 Å². The number of hydrogen-bond donors (Lipinski definition) is 1. The number of nitriles is 1. The zero-order valence-corrected chi connectivity index (χ0v) is 22.6. The number of nitrogens with one attached hydrogen (secondary N) is 1. The number of hydrogen-bond acceptors (Lipinski definition) is 5. The molecule has 7 rings (SSSR count). The van der Waals surface area contributed by atoms with Crippen molar-refractivity contribution in [2.24, 2.45) is 0 Å². The fourth-order valence-electron chi connectivity index (χ4n) is 6.84. The maximum atomic E-state index is 14.4. The second-order valence-electron chi connectivity index (χ2n) is 11.3. The highest BCUT2D eigenvalue weighted by atomic mass is 16.2. The molecule has 0 bridgehead atoms. The first-order valence-corrected chi connectivity index (χ1v) is 14.5. The van der Waals surface area contributed by atoms with Gasteiger partial charge in [-0.25, -0.2) is 4.98 Å². The highest BCUT2D eigenvalue weighted by Gasteiger charge is 2.35. The van der Waals surface area contributed by atoms with E-state index in [4.69, 9.17) is 4.98 Å². The van der Waals surface area contributed by atoms with E-state index in [2.05, 4.69) is 57.6 Å². The number of amides is 1. The first kappa shape index (κ1) is 24.8. The number of pyridine rings is 1. The van der Waals surface area contributed by atoms with Crippen LogP contribution in [-0.2, 0) is 6.42 Å². The lowest BCUT2D eigenvalue weighted by Gasteiger charge is -2.32. The number of carbonyl (C=O) groups excluding carboxylic acids is 1. The summed E-state index contributed by atoms with van der Waals surface area (Å²) in [5, 5.41) is 13.8. The normalized spacial score (nSPS) is 20.5. The molecule has 3 heterocycles. The molecule has 1 amide bonds. The molecule has 3 aromatic carbocycles. The molecule has 0 saturated carbocycles. The minimum atomic E-state index is 0.0913. The van der Waals surface area contributed by atoms with Gasteiger partial charge >= 0.3 is 0 Å². The number of carbonyl (C=O) groups is 1. The number of fused-ring (bicyclic) bond motifs is 2. The average molecular weight is 528 g/mol. The molecule has 1 aliphatic carbocycles. The third-order valence-electron chi connectivity index (χ3n) is 8.89. The number of aromatic nitrogens is 1. The van der Waals surface area contributed by atoms with Crippen molar-refractivity contribution in [2.75, 3.05) is 25.0 Å². The molecule has 6 nitrogen and oxygen atoms in total. The van der Waals surface area contributed by atoms with E-state index in [1.807, 2.05) is 36.4 Å². The van der Waals surface area contributed by atoms with Crippen LogP contribution in [0.4, 0.5) is 5.82 Å². The Morgan fingerprint density at radius 1 is 0.900 bits per heavy atom. The lowest BCUT2D eigenvalue weighted by Crippen LogP contribution is -2.46. The van der Waals surface area contributed by atoms with Gasteiger partial charge in [-0.1, -0.05) is 42.5 Å². The molecule has 200 valence electrons. The molecule has 3 aliphatic rings. The summed E-state index contributed by atoms with van der Waals surface area (Å²) in [6.45, 7) is 2.93. The maximum Gasteiger partial charge on any atom is 0.255 e. The van der Waals surface area contributed by atoms with Gasteiger partial charge in [0.15, 0.2) is 0 Å². The lowest BCUT2D eigenvalue weighted by molar-refractivity contribution is 0.0533. The van der Waals surface area contributed by atoms with E-state index in [1.165, 1.54) is 24.0 Å². The van der Waals surface area contributed by atoms with Gasteiger partial charge in [-0.05, 0) is 91.1 Å². The quantitative estimate of drug-likeness (QED) is 0.319. The first-order valence-electron chi connectivity index (χ1n) is 14.5. The van der Waals surface area contributed by atoms with Gasteiger partial charge in [-0.2, -0.15) is 5.26 Å². The van der Waals surface area contributed by atoms with Crippen LogP contribution in [0.3, 0.4) is 0 Å². The Morgan fingerprint density at radius 2 is 1.70 bits per heavy atom. The van der Waals surface area contributed by atoms with Crippen LogP contribution in [0.2, 0.25) is 0 Å². The van der Waals surface area contributed by atoms with E-state index in [0.717, 1.165) is 73.2 Å². The second-order valence-corrected chi connectivity index (χ2v) is 11.3. The fourth-order valence-corrected chi connectivity index (χ4v) is 6.84. The Hall–Kier alpha value is -4.21. The highest BCUT2D eigenvalue weighted by molar-refractivity contribution is 6.08. The maximum absolute atomic E-state index is 14.4. The summed E-state index contributed by atoms with van der Waals surface area (Å²) in [5.41, 5.74) is 6.88. The Kier molecular flexibility index (Phi) is 6.45. The van der Waals surface area contributed by atoms with Crippen LogP contribution in [0.5, 0.6) is 0 Å². The third kappa shape index (κ3) is 4.51. The van der Waals surface area contributed by atoms with Gasteiger partial charge in [0.2, 0.25) is 0 Å². The number of benzene rings is 3. The van der Waals surface area contributed by atoms with Gasteiger partial charge in [0.05, 0.1) is 34.9 Å². The van der Waals surface area contributed by atoms with Crippen LogP contribution < -0.4 is 5.32 Å². The lowest BCUT2D eigenvalue weighted by atomic mass is 9.99. The van der Waals surface area contributed by atoms with Crippen LogP contribution in [0.25, 0.3) is 22.0 Å². The number of aryl methyl sites for hydroxylation is 1. The molecule has 4 aromatic rings. The molecular formula is C34H33N5O. The number of rotatable bonds is 5. The van der Waals surface area contributed by atoms with Crippen molar-refractivity contribution in [3.8, 4) is 17.2 Å². The van der Waals surface area contributed by atoms with Gasteiger partial charge in [0.1, 0.15) is 5.82 Å². The SMILES string of the molecule is N#Cc1ccc(-c2ccc3nc(N[C@H]4CCc5ccccc54)cc(C(=O)N4CCCC4N4CCCC4)c3c2)cc1. The van der Waals surface area contributed by atoms with E-state index >= 15 is 0 Å². The summed E-state index contributed by atoms with van der Waals surface area (Å²) < 4.78 is 0. The molecule has 0 spiro atoms. The molecule has 1 aromatic heterocycles. The fraction of sp³-hybridized carbons (Fsp3) is 0.324. The Morgan fingerprint density at radius 3 is 2.52 bits per heavy atom. The molecule has 2 saturated heterocycles. The molecule has 2 aliphatic heterocycles. The topological polar surface area (TPSA) is 72.3 Å². The summed E-state index contributed by atoms with van der Waals surface area (Å²) in [7, 11) is 0. The minimum Gasteiger partial charge on any atom is -0.363 e. The summed E-state index contributed by atoms with van der Waals surface area (Å²) in [6, 6.07) is 26.7. The molecular weight excluding hydrogens is 494 g/mol. The predicted molar refractivity (Wildman–Crippen MR) is 158 cm³/mol. The molecule has 6 heteroatoms. The zero-order valence-electron chi connectivity index (χ0n) is 22.6. The number of nitrogens with zero attached hydrogens (tertiary/aromatic N) is 4. The van der Waals surface area contributed by atoms with Gasteiger partial charge in [0.25, 0.3) is 5.91 Å². The van der Waals surface area contributed by atoms with Crippen molar-refractivity contribution in [1.29, 1.82) is 5.26 Å². The average Bonchev–Trinajstić information content (AvgIpc) is 3.78. The van der Waals surface area contributed by atoms with Crippen LogP contribution in [0, 0.1) is 11.3 Å². The monoisotopic (exact) mass is 527 g/mol. The van der Waals surface area contributed by atoms with Crippen molar-refractivity contribution in [3.05, 3.63) is 95.1 Å². The van der Waals surface area contributed by atoms with Crippen molar-refractivity contribution >= 4 is 22.6 Å². The van der Waals surface area contributed by atoms with Crippen molar-refractivity contribution in [1.82, 2.24) is 14.8 Å². The highest BCUT2D eigenvalue weighted by Crippen LogP contribution is 2.36.